The molecule has 3 unspecified atom stereocenters. The average molecular weight is 182 g/mol. The molecule has 0 heterocycles. The molecule has 0 bridgehead atoms. The van der Waals surface area contributed by atoms with Crippen molar-refractivity contribution in [3.63, 3.8) is 0 Å². The number of rotatable bonds is 5. The van der Waals surface area contributed by atoms with Gasteiger partial charge >= 0.3 is 0 Å². The first kappa shape index (κ1) is 9.56. The molecule has 0 saturated carbocycles. The zero-order chi connectivity index (χ0) is 10.6. The van der Waals surface area contributed by atoms with Crippen LogP contribution in [0.1, 0.15) is 1.37 Å². The second kappa shape index (κ2) is 5.18. The van der Waals surface area contributed by atoms with Crippen molar-refractivity contribution >= 4 is 5.78 Å². The van der Waals surface area contributed by atoms with Crippen molar-refractivity contribution in [3.05, 3.63) is 0 Å². The maximum absolute atomic E-state index is 10.6. The monoisotopic (exact) mass is 182 g/mol. The number of hydrogen-bond donors (Lipinski definition) is 5. The fourth-order valence-corrected chi connectivity index (χ4v) is 0.545. The van der Waals surface area contributed by atoms with Crippen LogP contribution in [0.15, 0.2) is 0 Å². The van der Waals surface area contributed by atoms with Gasteiger partial charge in [-0.15, -0.1) is 0 Å². The summed E-state index contributed by atoms with van der Waals surface area (Å²) in [5.41, 5.74) is 0. The van der Waals surface area contributed by atoms with E-state index < -0.39 is 37.3 Å². The topological polar surface area (TPSA) is 118 Å². The van der Waals surface area contributed by atoms with E-state index in [4.69, 9.17) is 26.9 Å². The van der Waals surface area contributed by atoms with E-state index in [9.17, 15) is 4.79 Å². The number of hydrogen-bond acceptors (Lipinski definition) is 6. The molecular weight excluding hydrogens is 168 g/mol. The predicted molar refractivity (Wildman–Crippen MR) is 37.2 cm³/mol. The zero-order valence-electron chi connectivity index (χ0n) is 7.21. The van der Waals surface area contributed by atoms with Gasteiger partial charge < -0.3 is 25.5 Å². The van der Waals surface area contributed by atoms with Crippen molar-refractivity contribution < 1.29 is 31.7 Å². The summed E-state index contributed by atoms with van der Waals surface area (Å²) in [5, 5.41) is 43.4. The van der Waals surface area contributed by atoms with Gasteiger partial charge in [0.05, 0.1) is 7.98 Å². The molecule has 3 atom stereocenters. The van der Waals surface area contributed by atoms with Gasteiger partial charge in [0, 0.05) is 0 Å². The maximum Gasteiger partial charge on any atom is 0.189 e. The summed E-state index contributed by atoms with van der Waals surface area (Å²) >= 11 is 0. The molecule has 0 aromatic carbocycles. The number of carbonyl (C=O) groups excluding carboxylic acids is 1. The molecular formula is C6H12O6. The van der Waals surface area contributed by atoms with E-state index >= 15 is 0 Å². The fraction of sp³-hybridized carbons (Fsp3) is 0.833. The zero-order valence-corrected chi connectivity index (χ0v) is 6.21. The highest BCUT2D eigenvalue weighted by Crippen LogP contribution is 2.00. The van der Waals surface area contributed by atoms with Gasteiger partial charge in [-0.1, -0.05) is 0 Å². The number of aliphatic hydroxyl groups is 5. The van der Waals surface area contributed by atoms with Crippen LogP contribution in [0.2, 0.25) is 0 Å². The lowest BCUT2D eigenvalue weighted by atomic mass is 10.1. The van der Waals surface area contributed by atoms with E-state index in [2.05, 4.69) is 0 Å². The Balaban J connectivity index is 4.41. The lowest BCUT2D eigenvalue weighted by Gasteiger charge is -2.19. The van der Waals surface area contributed by atoms with E-state index in [1.807, 2.05) is 0 Å². The second-order valence-corrected chi connectivity index (χ2v) is 2.16. The van der Waals surface area contributed by atoms with Crippen LogP contribution in [-0.2, 0) is 4.79 Å². The van der Waals surface area contributed by atoms with E-state index in [1.54, 1.807) is 0 Å². The van der Waals surface area contributed by atoms with Crippen molar-refractivity contribution in [1.82, 2.24) is 0 Å². The highest BCUT2D eigenvalue weighted by Gasteiger charge is 2.28. The number of carbonyl (C=O) groups is 1. The van der Waals surface area contributed by atoms with Crippen molar-refractivity contribution in [1.29, 1.82) is 0 Å². The molecule has 0 spiro atoms. The Bertz CT molecular complexity index is 182. The van der Waals surface area contributed by atoms with Crippen molar-refractivity contribution in [2.45, 2.75) is 18.3 Å². The summed E-state index contributed by atoms with van der Waals surface area (Å²) in [6.45, 7) is -2.15. The Labute approximate surface area is 70.1 Å². The van der Waals surface area contributed by atoms with E-state index in [1.165, 1.54) is 0 Å². The summed E-state index contributed by atoms with van der Waals surface area (Å²) < 4.78 is 6.84. The Morgan fingerprint density at radius 1 is 1.33 bits per heavy atom. The number of Topliss-reactive ketones (excluding diaryl/α,β-unsaturated/α-hetero) is 1. The number of ketones is 1. The minimum atomic E-state index is -2.72. The lowest BCUT2D eigenvalue weighted by molar-refractivity contribution is -0.142. The summed E-state index contributed by atoms with van der Waals surface area (Å²) in [5.74, 6) is -1.13. The third-order valence-electron chi connectivity index (χ3n) is 1.29. The Morgan fingerprint density at radius 3 is 2.17 bits per heavy atom. The highest BCUT2D eigenvalue weighted by atomic mass is 16.4. The molecule has 0 amide bonds. The minimum absolute atomic E-state index is 1.01. The molecule has 0 aromatic heterocycles. The van der Waals surface area contributed by atoms with E-state index in [0.717, 1.165) is 0 Å². The van der Waals surface area contributed by atoms with Gasteiger partial charge in [0.15, 0.2) is 5.78 Å². The van der Waals surface area contributed by atoms with Gasteiger partial charge in [-0.2, -0.15) is 0 Å². The van der Waals surface area contributed by atoms with Crippen LogP contribution in [0.25, 0.3) is 0 Å². The van der Waals surface area contributed by atoms with Crippen LogP contribution in [-0.4, -0.2) is 62.8 Å². The Kier molecular flexibility index (Phi) is 4.12. The molecule has 0 saturated heterocycles. The second-order valence-electron chi connectivity index (χ2n) is 2.16. The molecule has 5 N–H and O–H groups in total. The molecule has 72 valence electrons. The summed E-state index contributed by atoms with van der Waals surface area (Å²) in [6.07, 6.45) is -6.96. The van der Waals surface area contributed by atoms with Crippen LogP contribution in [0.3, 0.4) is 0 Å². The quantitative estimate of drug-likeness (QED) is 0.303. The van der Waals surface area contributed by atoms with Crippen molar-refractivity contribution in [2.75, 3.05) is 13.2 Å². The van der Waals surface area contributed by atoms with Gasteiger partial charge in [-0.05, 0) is 0 Å². The highest BCUT2D eigenvalue weighted by molar-refractivity contribution is 5.84. The number of aliphatic hydroxyl groups excluding tert-OH is 4. The summed E-state index contributed by atoms with van der Waals surface area (Å²) in [4.78, 5) is 10.6. The molecule has 0 aliphatic carbocycles. The average Bonchev–Trinajstić information content (AvgIpc) is 2.14. The van der Waals surface area contributed by atoms with Crippen LogP contribution in [0.4, 0.5) is 0 Å². The normalized spacial score (nSPS) is 22.2. The van der Waals surface area contributed by atoms with Crippen LogP contribution < -0.4 is 0 Å². The Morgan fingerprint density at radius 2 is 1.83 bits per heavy atom. The molecule has 12 heavy (non-hydrogen) atoms. The molecule has 0 rings (SSSR count). The molecule has 0 fully saturated rings. The smallest absolute Gasteiger partial charge is 0.189 e. The largest absolute Gasteiger partial charge is 0.394 e. The van der Waals surface area contributed by atoms with Crippen molar-refractivity contribution in [3.8, 4) is 0 Å². The van der Waals surface area contributed by atoms with Gasteiger partial charge in [0.1, 0.15) is 24.9 Å². The van der Waals surface area contributed by atoms with E-state index in [-0.39, 0.29) is 0 Å². The third kappa shape index (κ3) is 2.84. The molecule has 0 aliphatic rings. The van der Waals surface area contributed by atoms with Gasteiger partial charge in [0.2, 0.25) is 0 Å². The standard InChI is InChI=1S/C6H12O6/c7-1-3(9)5(11)6(12)4(10)2-8/h3,5-9,11-12H,1-2H2/i3T. The molecule has 0 aliphatic heterocycles. The van der Waals surface area contributed by atoms with Gasteiger partial charge in [0.25, 0.3) is 0 Å². The Hall–Kier alpha value is -0.530. The van der Waals surface area contributed by atoms with Crippen LogP contribution >= 0.6 is 0 Å². The SMILES string of the molecule is [3H]C(O)(CO)C(O)C(O)C(=O)CO. The molecule has 0 radical (unpaired) electrons. The van der Waals surface area contributed by atoms with Crippen LogP contribution in [0, 0.1) is 0 Å². The fourth-order valence-electron chi connectivity index (χ4n) is 0.545. The van der Waals surface area contributed by atoms with Crippen LogP contribution in [0.5, 0.6) is 0 Å². The first-order valence-electron chi connectivity index (χ1n) is 3.69. The summed E-state index contributed by atoms with van der Waals surface area (Å²) in [7, 11) is 0. The lowest BCUT2D eigenvalue weighted by Crippen LogP contribution is -2.44. The minimum Gasteiger partial charge on any atom is -0.394 e. The molecule has 6 heteroatoms. The van der Waals surface area contributed by atoms with Gasteiger partial charge in [-0.3, -0.25) is 4.79 Å². The first-order chi connectivity index (χ1) is 5.86. The predicted octanol–water partition coefficient (Wildman–Crippen LogP) is -3.38. The van der Waals surface area contributed by atoms with Crippen molar-refractivity contribution in [2.24, 2.45) is 0 Å². The molecule has 0 aromatic rings. The molecule has 6 nitrogen and oxygen atoms in total. The van der Waals surface area contributed by atoms with Gasteiger partial charge in [-0.25, -0.2) is 0 Å². The maximum atomic E-state index is 10.6. The summed E-state index contributed by atoms with van der Waals surface area (Å²) in [6, 6.07) is 0. The third-order valence-corrected chi connectivity index (χ3v) is 1.29. The van der Waals surface area contributed by atoms with E-state index in [0.29, 0.717) is 0 Å². The first-order valence-corrected chi connectivity index (χ1v) is 3.19.